The second-order valence-corrected chi connectivity index (χ2v) is 8.31. The number of amides is 2. The Morgan fingerprint density at radius 3 is 2.73 bits per heavy atom. The maximum Gasteiger partial charge on any atom is 0.222 e. The summed E-state index contributed by atoms with van der Waals surface area (Å²) in [7, 11) is 0. The average Bonchev–Trinajstić information content (AvgIpc) is 3.01. The largest absolute Gasteiger partial charge is 0.337 e. The lowest BCUT2D eigenvalue weighted by Gasteiger charge is -2.42. The molecule has 6 heteroatoms. The van der Waals surface area contributed by atoms with Crippen LogP contribution in [0.25, 0.3) is 0 Å². The molecular formula is C20H36N4O2. The van der Waals surface area contributed by atoms with Crippen molar-refractivity contribution in [1.82, 2.24) is 19.6 Å². The summed E-state index contributed by atoms with van der Waals surface area (Å²) >= 11 is 0. The van der Waals surface area contributed by atoms with Gasteiger partial charge in [-0.25, -0.2) is 0 Å². The van der Waals surface area contributed by atoms with Crippen LogP contribution in [0.3, 0.4) is 0 Å². The monoisotopic (exact) mass is 364 g/mol. The molecule has 3 aliphatic heterocycles. The van der Waals surface area contributed by atoms with Gasteiger partial charge in [0.25, 0.3) is 0 Å². The molecule has 1 unspecified atom stereocenters. The van der Waals surface area contributed by atoms with Gasteiger partial charge in [-0.2, -0.15) is 0 Å². The number of carbonyl (C=O) groups excluding carboxylic acids is 2. The van der Waals surface area contributed by atoms with Crippen molar-refractivity contribution >= 4 is 11.8 Å². The standard InChI is InChI=1S/C20H36N4O2/c1-4-21-10-12-23(17(3)25)18(14-21)7-5-6-16(2)22-11-13-24-19(15-22)8-9-20(24)26/h16,18-19H,4-15H2,1-3H3/t16?,18-,19+/m1/s1. The van der Waals surface area contributed by atoms with E-state index in [1.165, 1.54) is 6.42 Å². The van der Waals surface area contributed by atoms with Crippen LogP contribution in [0.5, 0.6) is 0 Å². The molecule has 0 aliphatic carbocycles. The first kappa shape index (κ1) is 19.6. The predicted molar refractivity (Wildman–Crippen MR) is 103 cm³/mol. The summed E-state index contributed by atoms with van der Waals surface area (Å²) in [4.78, 5) is 33.0. The zero-order valence-electron chi connectivity index (χ0n) is 16.8. The quantitative estimate of drug-likeness (QED) is 0.715. The van der Waals surface area contributed by atoms with Gasteiger partial charge in [0.1, 0.15) is 0 Å². The minimum atomic E-state index is 0.223. The van der Waals surface area contributed by atoms with Crippen LogP contribution < -0.4 is 0 Å². The van der Waals surface area contributed by atoms with Gasteiger partial charge in [0, 0.05) is 70.7 Å². The summed E-state index contributed by atoms with van der Waals surface area (Å²) in [5, 5.41) is 0. The Balaban J connectivity index is 1.44. The molecule has 3 heterocycles. The molecule has 148 valence electrons. The number of carbonyl (C=O) groups is 2. The molecule has 0 aromatic rings. The Labute approximate surface area is 158 Å². The lowest BCUT2D eigenvalue weighted by Crippen LogP contribution is -2.55. The second-order valence-electron chi connectivity index (χ2n) is 8.31. The fourth-order valence-electron chi connectivity index (χ4n) is 4.99. The molecule has 0 spiro atoms. The number of rotatable bonds is 6. The molecule has 3 fully saturated rings. The van der Waals surface area contributed by atoms with E-state index in [4.69, 9.17) is 0 Å². The maximum atomic E-state index is 11.9. The summed E-state index contributed by atoms with van der Waals surface area (Å²) in [6.45, 7) is 13.2. The van der Waals surface area contributed by atoms with E-state index in [9.17, 15) is 9.59 Å². The first-order chi connectivity index (χ1) is 12.5. The van der Waals surface area contributed by atoms with Crippen molar-refractivity contribution in [3.63, 3.8) is 0 Å². The molecule has 3 rings (SSSR count). The fraction of sp³-hybridized carbons (Fsp3) is 0.900. The van der Waals surface area contributed by atoms with Crippen LogP contribution in [0.1, 0.15) is 52.9 Å². The number of nitrogens with zero attached hydrogens (tertiary/aromatic N) is 4. The van der Waals surface area contributed by atoms with Crippen molar-refractivity contribution in [3.8, 4) is 0 Å². The molecule has 26 heavy (non-hydrogen) atoms. The third-order valence-electron chi connectivity index (χ3n) is 6.73. The zero-order chi connectivity index (χ0) is 18.7. The van der Waals surface area contributed by atoms with Crippen LogP contribution in [0.2, 0.25) is 0 Å². The Morgan fingerprint density at radius 2 is 2.00 bits per heavy atom. The van der Waals surface area contributed by atoms with Crippen LogP contribution in [0.15, 0.2) is 0 Å². The van der Waals surface area contributed by atoms with Crippen molar-refractivity contribution in [2.45, 2.75) is 71.0 Å². The molecule has 0 aromatic heterocycles. The van der Waals surface area contributed by atoms with E-state index in [-0.39, 0.29) is 5.91 Å². The average molecular weight is 365 g/mol. The van der Waals surface area contributed by atoms with Crippen molar-refractivity contribution in [2.75, 3.05) is 45.8 Å². The second kappa shape index (κ2) is 8.70. The molecular weight excluding hydrogens is 328 g/mol. The summed E-state index contributed by atoms with van der Waals surface area (Å²) in [5.74, 6) is 0.574. The molecule has 0 radical (unpaired) electrons. The number of likely N-dealkylation sites (N-methyl/N-ethyl adjacent to an activating group) is 1. The molecule has 0 N–H and O–H groups in total. The number of piperazine rings is 2. The fourth-order valence-corrected chi connectivity index (χ4v) is 4.99. The zero-order valence-corrected chi connectivity index (χ0v) is 16.8. The number of hydrogen-bond donors (Lipinski definition) is 0. The maximum absolute atomic E-state index is 11.9. The predicted octanol–water partition coefficient (Wildman–Crippen LogP) is 1.40. The van der Waals surface area contributed by atoms with Gasteiger partial charge in [-0.05, 0) is 39.2 Å². The normalized spacial score (nSPS) is 29.1. The van der Waals surface area contributed by atoms with Gasteiger partial charge in [-0.3, -0.25) is 19.4 Å². The summed E-state index contributed by atoms with van der Waals surface area (Å²) in [5.41, 5.74) is 0. The van der Waals surface area contributed by atoms with Crippen molar-refractivity contribution in [1.29, 1.82) is 0 Å². The van der Waals surface area contributed by atoms with Crippen LogP contribution in [0, 0.1) is 0 Å². The van der Waals surface area contributed by atoms with E-state index in [1.807, 2.05) is 0 Å². The number of fused-ring (bicyclic) bond motifs is 1. The van der Waals surface area contributed by atoms with E-state index in [1.54, 1.807) is 6.92 Å². The van der Waals surface area contributed by atoms with Gasteiger partial charge < -0.3 is 9.80 Å². The van der Waals surface area contributed by atoms with E-state index in [2.05, 4.69) is 33.4 Å². The lowest BCUT2D eigenvalue weighted by molar-refractivity contribution is -0.134. The molecule has 3 saturated heterocycles. The van der Waals surface area contributed by atoms with Crippen LogP contribution in [-0.2, 0) is 9.59 Å². The van der Waals surface area contributed by atoms with Gasteiger partial charge in [-0.15, -0.1) is 0 Å². The smallest absolute Gasteiger partial charge is 0.222 e. The summed E-state index contributed by atoms with van der Waals surface area (Å²) < 4.78 is 0. The summed E-state index contributed by atoms with van der Waals surface area (Å²) in [6.07, 6.45) is 5.21. The first-order valence-corrected chi connectivity index (χ1v) is 10.5. The van der Waals surface area contributed by atoms with Crippen molar-refractivity contribution in [2.24, 2.45) is 0 Å². The topological polar surface area (TPSA) is 47.1 Å². The van der Waals surface area contributed by atoms with Crippen molar-refractivity contribution < 1.29 is 9.59 Å². The van der Waals surface area contributed by atoms with Gasteiger partial charge in [-0.1, -0.05) is 6.92 Å². The van der Waals surface area contributed by atoms with Crippen LogP contribution in [-0.4, -0.2) is 95.4 Å². The van der Waals surface area contributed by atoms with E-state index >= 15 is 0 Å². The first-order valence-electron chi connectivity index (χ1n) is 10.5. The van der Waals surface area contributed by atoms with Gasteiger partial charge in [0.2, 0.25) is 11.8 Å². The Kier molecular flexibility index (Phi) is 6.56. The SMILES string of the molecule is CCN1CCN(C(C)=O)[C@H](CCCC(C)N2CCN3C(=O)CC[C@H]3C2)C1. The lowest BCUT2D eigenvalue weighted by atomic mass is 10.0. The third-order valence-corrected chi connectivity index (χ3v) is 6.73. The highest BCUT2D eigenvalue weighted by molar-refractivity contribution is 5.79. The molecule has 2 amide bonds. The van der Waals surface area contributed by atoms with Gasteiger partial charge >= 0.3 is 0 Å². The molecule has 0 bridgehead atoms. The minimum absolute atomic E-state index is 0.223. The molecule has 3 aliphatic rings. The van der Waals surface area contributed by atoms with E-state index in [0.29, 0.717) is 24.0 Å². The highest BCUT2D eigenvalue weighted by atomic mass is 16.2. The van der Waals surface area contributed by atoms with Gasteiger partial charge in [0.15, 0.2) is 0 Å². The molecule has 3 atom stereocenters. The van der Waals surface area contributed by atoms with Crippen LogP contribution in [0.4, 0.5) is 0 Å². The van der Waals surface area contributed by atoms with Crippen LogP contribution >= 0.6 is 0 Å². The molecule has 0 aromatic carbocycles. The highest BCUT2D eigenvalue weighted by Gasteiger charge is 2.36. The Morgan fingerprint density at radius 1 is 1.19 bits per heavy atom. The van der Waals surface area contributed by atoms with E-state index < -0.39 is 0 Å². The molecule has 0 saturated carbocycles. The third kappa shape index (κ3) is 4.39. The van der Waals surface area contributed by atoms with Gasteiger partial charge in [0.05, 0.1) is 0 Å². The summed E-state index contributed by atoms with van der Waals surface area (Å²) in [6, 6.07) is 1.38. The van der Waals surface area contributed by atoms with E-state index in [0.717, 1.165) is 71.5 Å². The molecule has 6 nitrogen and oxygen atoms in total. The highest BCUT2D eigenvalue weighted by Crippen LogP contribution is 2.25. The minimum Gasteiger partial charge on any atom is -0.337 e. The Bertz CT molecular complexity index is 512. The number of hydrogen-bond acceptors (Lipinski definition) is 4. The van der Waals surface area contributed by atoms with Crippen molar-refractivity contribution in [3.05, 3.63) is 0 Å². The Hall–Kier alpha value is -1.14.